The van der Waals surface area contributed by atoms with Gasteiger partial charge in [0.25, 0.3) is 11.8 Å². The van der Waals surface area contributed by atoms with E-state index in [1.807, 2.05) is 206 Å². The topological polar surface area (TPSA) is 149 Å². The minimum Gasteiger partial charge on any atom is -0.458 e. The van der Waals surface area contributed by atoms with Gasteiger partial charge in [-0.25, -0.2) is 14.6 Å². The summed E-state index contributed by atoms with van der Waals surface area (Å²) in [6.45, 7) is 0.165. The molecule has 0 bridgehead atoms. The number of nitrogens with one attached hydrogen (secondary N) is 2. The van der Waals surface area contributed by atoms with Crippen molar-refractivity contribution in [2.24, 2.45) is 5.16 Å². The van der Waals surface area contributed by atoms with Crippen molar-refractivity contribution < 1.29 is 33.5 Å². The third-order valence-electron chi connectivity index (χ3n) is 14.7. The third-order valence-corrected chi connectivity index (χ3v) is 18.1. The van der Waals surface area contributed by atoms with Gasteiger partial charge in [-0.3, -0.25) is 14.5 Å². The summed E-state index contributed by atoms with van der Waals surface area (Å²) in [5.74, 6) is -1.96. The molecular formula is C68H53N5O7S3. The Hall–Kier alpha value is -9.28. The number of thioether (sulfide) groups is 2. The lowest BCUT2D eigenvalue weighted by Gasteiger charge is -2.49. The summed E-state index contributed by atoms with van der Waals surface area (Å²) in [4.78, 5) is 72.3. The van der Waals surface area contributed by atoms with E-state index in [2.05, 4.69) is 47.0 Å². The maximum atomic E-state index is 15.6. The van der Waals surface area contributed by atoms with Crippen LogP contribution >= 0.6 is 34.9 Å². The molecular weight excluding hydrogens is 1090 g/mol. The third kappa shape index (κ3) is 10.9. The van der Waals surface area contributed by atoms with Gasteiger partial charge in [-0.2, -0.15) is 0 Å². The number of esters is 2. The van der Waals surface area contributed by atoms with Crippen molar-refractivity contribution in [1.82, 2.24) is 15.2 Å². The number of nitrogens with zero attached hydrogens (tertiary/aromatic N) is 3. The molecule has 1 fully saturated rings. The Morgan fingerprint density at radius 3 is 1.57 bits per heavy atom. The smallest absolute Gasteiger partial charge is 0.356 e. The van der Waals surface area contributed by atoms with E-state index in [-0.39, 0.29) is 35.2 Å². The van der Waals surface area contributed by atoms with Gasteiger partial charge in [-0.05, 0) is 33.9 Å². The number of carbonyl (C=O) groups is 4. The van der Waals surface area contributed by atoms with Crippen molar-refractivity contribution in [3.8, 4) is 0 Å². The number of anilines is 1. The van der Waals surface area contributed by atoms with E-state index in [1.54, 1.807) is 11.5 Å². The Morgan fingerprint density at radius 2 is 1.11 bits per heavy atom. The van der Waals surface area contributed by atoms with Crippen LogP contribution in [0.2, 0.25) is 0 Å². The van der Waals surface area contributed by atoms with Crippen LogP contribution in [0.15, 0.2) is 275 Å². The minimum absolute atomic E-state index is 0.0441. The summed E-state index contributed by atoms with van der Waals surface area (Å²) in [6, 6.07) is 77.1. The van der Waals surface area contributed by atoms with Gasteiger partial charge in [-0.1, -0.05) is 248 Å². The average Bonchev–Trinajstić information content (AvgIpc) is 2.73. The van der Waals surface area contributed by atoms with Gasteiger partial charge in [0.15, 0.2) is 16.9 Å². The van der Waals surface area contributed by atoms with Crippen molar-refractivity contribution in [1.29, 1.82) is 0 Å². The number of fused-ring (bicyclic) bond motifs is 1. The lowest BCUT2D eigenvalue weighted by molar-refractivity contribution is -0.154. The Labute approximate surface area is 492 Å². The number of amides is 2. The van der Waals surface area contributed by atoms with Crippen molar-refractivity contribution in [3.05, 3.63) is 320 Å². The number of hydrogen-bond acceptors (Lipinski definition) is 13. The van der Waals surface area contributed by atoms with Crippen LogP contribution in [0.4, 0.5) is 5.13 Å². The van der Waals surface area contributed by atoms with E-state index in [0.29, 0.717) is 15.6 Å². The van der Waals surface area contributed by atoms with E-state index >= 15 is 4.79 Å². The van der Waals surface area contributed by atoms with Crippen LogP contribution in [0.25, 0.3) is 0 Å². The predicted octanol–water partition coefficient (Wildman–Crippen LogP) is 12.4. The molecule has 3 aliphatic rings. The SMILES string of the molecule is O=C1OCC=C1CSC1=C(C(=O)OC(c2ccccc2)c2ccccc2)N2C(=O)[C@@H](NC(=O)/C(=N\OC(c3ccccc3)(c3ccccc3)c3ccccc3)c3csc(NC(c4ccccc4)(c4ccccc4)c4ccccc4)n3)[C@H]2SC1. The summed E-state index contributed by atoms with van der Waals surface area (Å²) in [7, 11) is 0. The number of β-lactam (4-membered cyclic amide) rings is 1. The number of hydrogen-bond donors (Lipinski definition) is 2. The second-order valence-corrected chi connectivity index (χ2v) is 22.7. The first-order valence-corrected chi connectivity index (χ1v) is 29.8. The second kappa shape index (κ2) is 24.4. The molecule has 2 atom stereocenters. The van der Waals surface area contributed by atoms with Gasteiger partial charge in [0.2, 0.25) is 5.60 Å². The molecule has 0 aliphatic carbocycles. The molecule has 0 radical (unpaired) electrons. The van der Waals surface area contributed by atoms with Gasteiger partial charge in [0.05, 0.1) is 0 Å². The predicted molar refractivity (Wildman–Crippen MR) is 326 cm³/mol. The summed E-state index contributed by atoms with van der Waals surface area (Å²) < 4.78 is 11.6. The molecule has 12 rings (SSSR count). The molecule has 12 nitrogen and oxygen atoms in total. The number of thiazole rings is 1. The molecule has 0 saturated carbocycles. The Kier molecular flexibility index (Phi) is 16.0. The highest BCUT2D eigenvalue weighted by atomic mass is 32.2. The summed E-state index contributed by atoms with van der Waals surface area (Å²) in [5, 5.41) is 13.2. The van der Waals surface area contributed by atoms with Crippen molar-refractivity contribution in [3.63, 3.8) is 0 Å². The molecule has 4 heterocycles. The zero-order valence-electron chi connectivity index (χ0n) is 44.5. The maximum absolute atomic E-state index is 15.6. The largest absolute Gasteiger partial charge is 0.458 e. The number of ether oxygens (including phenoxy) is 2. The number of rotatable bonds is 20. The molecule has 8 aromatic carbocycles. The van der Waals surface area contributed by atoms with E-state index in [9.17, 15) is 14.4 Å². The lowest BCUT2D eigenvalue weighted by Crippen LogP contribution is -2.71. The summed E-state index contributed by atoms with van der Waals surface area (Å²) in [6.07, 6.45) is 0.897. The van der Waals surface area contributed by atoms with Gasteiger partial charge < -0.3 is 24.9 Å². The fourth-order valence-electron chi connectivity index (χ4n) is 10.7. The van der Waals surface area contributed by atoms with Crippen LogP contribution in [-0.4, -0.2) is 68.9 Å². The number of aromatic nitrogens is 1. The van der Waals surface area contributed by atoms with E-state index in [4.69, 9.17) is 24.5 Å². The quantitative estimate of drug-likeness (QED) is 0.0247. The highest BCUT2D eigenvalue weighted by Gasteiger charge is 2.55. The highest BCUT2D eigenvalue weighted by Crippen LogP contribution is 2.46. The molecule has 83 heavy (non-hydrogen) atoms. The number of cyclic esters (lactones) is 1. The van der Waals surface area contributed by atoms with Crippen molar-refractivity contribution in [2.45, 2.75) is 28.7 Å². The zero-order chi connectivity index (χ0) is 56.6. The summed E-state index contributed by atoms with van der Waals surface area (Å²) >= 11 is 3.96. The van der Waals surface area contributed by atoms with Gasteiger partial charge in [0, 0.05) is 44.1 Å². The first kappa shape index (κ1) is 54.3. The lowest BCUT2D eigenvalue weighted by atomic mass is 9.77. The van der Waals surface area contributed by atoms with Crippen molar-refractivity contribution in [2.75, 3.05) is 23.4 Å². The Morgan fingerprint density at radius 1 is 0.651 bits per heavy atom. The van der Waals surface area contributed by atoms with Crippen LogP contribution in [0.5, 0.6) is 0 Å². The average molecular weight is 1150 g/mol. The molecule has 0 spiro atoms. The fraction of sp³-hybridized carbons (Fsp3) is 0.118. The maximum Gasteiger partial charge on any atom is 0.356 e. The molecule has 2 N–H and O–H groups in total. The minimum atomic E-state index is -1.39. The summed E-state index contributed by atoms with van der Waals surface area (Å²) in [5.41, 5.74) is 4.68. The first-order valence-electron chi connectivity index (χ1n) is 26.9. The Bertz CT molecular complexity index is 3620. The van der Waals surface area contributed by atoms with Crippen molar-refractivity contribution >= 4 is 69.5 Å². The standard InChI is InChI=1S/C68H53N5O7S3/c74-61(70-58-62(75)73-59(56(45-82-63(58)73)81-43-48-41-42-78-64(48)76)65(77)79-60(46-25-9-1-10-26-46)47-27-11-2-12-28-47)57(72-80-68(52-35-19-6-20-36-52,53-37-21-7-22-38-53)54-39-23-8-24-40-54)55-44-83-66(69-55)71-67(49-29-13-3-14-30-49,50-31-15-4-16-32-50)51-33-17-5-18-34-51/h1-41,44,58,60,63H,42-43,45H2,(H,69,71)(H,70,74)/b72-57-/t58-,63-/m1/s1. The molecule has 3 aliphatic heterocycles. The van der Waals surface area contributed by atoms with Gasteiger partial charge >= 0.3 is 11.9 Å². The Balaban J connectivity index is 0.932. The van der Waals surface area contributed by atoms with E-state index in [0.717, 1.165) is 44.5 Å². The van der Waals surface area contributed by atoms with E-state index < -0.39 is 52.4 Å². The molecule has 2 amide bonds. The molecule has 1 aromatic heterocycles. The normalized spacial score (nSPS) is 16.1. The van der Waals surface area contributed by atoms with Gasteiger partial charge in [-0.15, -0.1) is 34.9 Å². The first-order chi connectivity index (χ1) is 40.8. The van der Waals surface area contributed by atoms with Crippen LogP contribution in [-0.2, 0) is 44.6 Å². The second-order valence-electron chi connectivity index (χ2n) is 19.7. The number of benzene rings is 8. The highest BCUT2D eigenvalue weighted by molar-refractivity contribution is 8.06. The van der Waals surface area contributed by atoms with Crippen LogP contribution < -0.4 is 10.6 Å². The van der Waals surface area contributed by atoms with E-state index in [1.165, 1.54) is 39.8 Å². The number of oxime groups is 1. The molecule has 410 valence electrons. The van der Waals surface area contributed by atoms with Crippen LogP contribution in [0, 0.1) is 0 Å². The number of carbonyl (C=O) groups excluding carboxylic acids is 4. The molecule has 1 saturated heterocycles. The van der Waals surface area contributed by atoms with Gasteiger partial charge in [0.1, 0.15) is 35.0 Å². The monoisotopic (exact) mass is 1150 g/mol. The zero-order valence-corrected chi connectivity index (χ0v) is 47.0. The van der Waals surface area contributed by atoms with Crippen LogP contribution in [0.3, 0.4) is 0 Å². The molecule has 0 unspecified atom stereocenters. The fourth-order valence-corrected chi connectivity index (χ4v) is 14.1. The molecule has 9 aromatic rings. The van der Waals surface area contributed by atoms with Crippen LogP contribution in [0.1, 0.15) is 56.3 Å². The molecule has 15 heteroatoms.